The molecule has 0 spiro atoms. The fourth-order valence-electron chi connectivity index (χ4n) is 2.70. The van der Waals surface area contributed by atoms with E-state index in [9.17, 15) is 18.0 Å². The second-order valence-corrected chi connectivity index (χ2v) is 9.69. The molecule has 1 atom stereocenters. The third-order valence-corrected chi connectivity index (χ3v) is 6.21. The van der Waals surface area contributed by atoms with E-state index >= 15 is 0 Å². The van der Waals surface area contributed by atoms with Gasteiger partial charge in [0.2, 0.25) is 0 Å². The van der Waals surface area contributed by atoms with Crippen molar-refractivity contribution in [2.75, 3.05) is 25.2 Å². The van der Waals surface area contributed by atoms with E-state index < -0.39 is 28.3 Å². The lowest BCUT2D eigenvalue weighted by Crippen LogP contribution is -2.40. The molecule has 1 aliphatic rings. The van der Waals surface area contributed by atoms with Crippen molar-refractivity contribution in [2.45, 2.75) is 38.6 Å². The van der Waals surface area contributed by atoms with Gasteiger partial charge in [-0.25, -0.2) is 13.2 Å². The summed E-state index contributed by atoms with van der Waals surface area (Å²) in [6.07, 6.45) is 0.423. The van der Waals surface area contributed by atoms with E-state index in [0.29, 0.717) is 12.0 Å². The molecular formula is C18H25NO5S. The molecule has 0 aliphatic carbocycles. The number of carbonyl (C=O) groups is 2. The summed E-state index contributed by atoms with van der Waals surface area (Å²) < 4.78 is 28.1. The van der Waals surface area contributed by atoms with Crippen molar-refractivity contribution >= 4 is 21.7 Å². The molecule has 25 heavy (non-hydrogen) atoms. The number of sulfone groups is 1. The van der Waals surface area contributed by atoms with Crippen LogP contribution < -0.4 is 0 Å². The molecule has 1 saturated heterocycles. The van der Waals surface area contributed by atoms with Crippen molar-refractivity contribution in [1.29, 1.82) is 0 Å². The first-order valence-corrected chi connectivity index (χ1v) is 10.1. The molecule has 0 bridgehead atoms. The Hall–Kier alpha value is -1.89. The smallest absolute Gasteiger partial charge is 0.338 e. The zero-order chi connectivity index (χ0) is 18.8. The summed E-state index contributed by atoms with van der Waals surface area (Å²) in [5.74, 6) is -0.907. The monoisotopic (exact) mass is 367 g/mol. The van der Waals surface area contributed by atoms with Gasteiger partial charge in [-0.3, -0.25) is 4.79 Å². The van der Waals surface area contributed by atoms with Gasteiger partial charge < -0.3 is 9.64 Å². The normalized spacial score (nSPS) is 19.4. The summed E-state index contributed by atoms with van der Waals surface area (Å²) in [7, 11) is -1.52. The first-order valence-electron chi connectivity index (χ1n) is 8.23. The third-order valence-electron chi connectivity index (χ3n) is 4.46. The van der Waals surface area contributed by atoms with Crippen molar-refractivity contribution in [3.63, 3.8) is 0 Å². The fraction of sp³-hybridized carbons (Fsp3) is 0.556. The highest BCUT2D eigenvalue weighted by atomic mass is 32.2. The zero-order valence-corrected chi connectivity index (χ0v) is 15.9. The molecule has 1 aromatic rings. The van der Waals surface area contributed by atoms with Crippen LogP contribution in [-0.2, 0) is 24.8 Å². The highest BCUT2D eigenvalue weighted by Crippen LogP contribution is 2.22. The Balaban J connectivity index is 1.90. The van der Waals surface area contributed by atoms with Crippen LogP contribution in [0.5, 0.6) is 0 Å². The van der Waals surface area contributed by atoms with Gasteiger partial charge in [-0.15, -0.1) is 0 Å². The highest BCUT2D eigenvalue weighted by molar-refractivity contribution is 7.91. The molecule has 0 radical (unpaired) electrons. The van der Waals surface area contributed by atoms with Gasteiger partial charge in [-0.1, -0.05) is 32.9 Å². The number of hydrogen-bond donors (Lipinski definition) is 0. The second-order valence-electron chi connectivity index (χ2n) is 7.46. The van der Waals surface area contributed by atoms with Gasteiger partial charge in [0, 0.05) is 13.1 Å². The highest BCUT2D eigenvalue weighted by Gasteiger charge is 2.32. The maximum Gasteiger partial charge on any atom is 0.338 e. The summed E-state index contributed by atoms with van der Waals surface area (Å²) in [5, 5.41) is 0. The lowest BCUT2D eigenvalue weighted by atomic mass is 9.87. The Morgan fingerprint density at radius 3 is 2.28 bits per heavy atom. The van der Waals surface area contributed by atoms with E-state index in [1.807, 2.05) is 12.1 Å². The number of benzene rings is 1. The molecule has 7 heteroatoms. The number of ether oxygens (including phenoxy) is 1. The van der Waals surface area contributed by atoms with Crippen molar-refractivity contribution in [3.8, 4) is 0 Å². The molecule has 1 fully saturated rings. The number of hydrogen-bond acceptors (Lipinski definition) is 5. The average molecular weight is 367 g/mol. The van der Waals surface area contributed by atoms with Gasteiger partial charge in [0.15, 0.2) is 16.4 Å². The van der Waals surface area contributed by atoms with Crippen molar-refractivity contribution in [2.24, 2.45) is 0 Å². The minimum Gasteiger partial charge on any atom is -0.452 e. The first-order chi connectivity index (χ1) is 11.5. The van der Waals surface area contributed by atoms with Crippen LogP contribution >= 0.6 is 0 Å². The van der Waals surface area contributed by atoms with Crippen LogP contribution in [0.3, 0.4) is 0 Å². The molecule has 6 nitrogen and oxygen atoms in total. The maximum absolute atomic E-state index is 12.1. The lowest BCUT2D eigenvalue weighted by Gasteiger charge is -2.23. The number of likely N-dealkylation sites (N-methyl/N-ethyl adjacent to an activating group) is 1. The summed E-state index contributed by atoms with van der Waals surface area (Å²) in [6.45, 7) is 5.85. The van der Waals surface area contributed by atoms with E-state index in [-0.39, 0.29) is 23.0 Å². The third kappa shape index (κ3) is 5.04. The topological polar surface area (TPSA) is 80.8 Å². The maximum atomic E-state index is 12.1. The van der Waals surface area contributed by atoms with E-state index in [4.69, 9.17) is 4.74 Å². The van der Waals surface area contributed by atoms with Crippen LogP contribution in [0.4, 0.5) is 0 Å². The number of rotatable bonds is 4. The minimum atomic E-state index is -3.07. The quantitative estimate of drug-likeness (QED) is 0.758. The van der Waals surface area contributed by atoms with E-state index in [1.54, 1.807) is 19.2 Å². The van der Waals surface area contributed by atoms with Crippen molar-refractivity contribution < 1.29 is 22.7 Å². The number of esters is 1. The standard InChI is InChI=1S/C18H25NO5S/c1-18(2,3)14-7-5-13(6-8-14)17(21)24-11-16(20)19(4)15-9-10-25(22,23)12-15/h5-8,15H,9-12H2,1-4H3/t15-/m0/s1. The number of amides is 1. The van der Waals surface area contributed by atoms with Crippen molar-refractivity contribution in [1.82, 2.24) is 4.90 Å². The SMILES string of the molecule is CN(C(=O)COC(=O)c1ccc(C(C)(C)C)cc1)[C@H]1CCS(=O)(=O)C1. The van der Waals surface area contributed by atoms with Gasteiger partial charge in [-0.2, -0.15) is 0 Å². The molecule has 138 valence electrons. The summed E-state index contributed by atoms with van der Waals surface area (Å²) in [6, 6.07) is 6.76. The van der Waals surface area contributed by atoms with Crippen LogP contribution in [0.2, 0.25) is 0 Å². The van der Waals surface area contributed by atoms with Crippen LogP contribution in [0.25, 0.3) is 0 Å². The van der Waals surface area contributed by atoms with Crippen LogP contribution in [0.15, 0.2) is 24.3 Å². The van der Waals surface area contributed by atoms with Crippen molar-refractivity contribution in [3.05, 3.63) is 35.4 Å². The first kappa shape index (κ1) is 19.4. The molecule has 1 amide bonds. The molecule has 1 aliphatic heterocycles. The Morgan fingerprint density at radius 1 is 1.20 bits per heavy atom. The Labute approximate surface area is 149 Å². The van der Waals surface area contributed by atoms with Gasteiger partial charge >= 0.3 is 5.97 Å². The van der Waals surface area contributed by atoms with Crippen LogP contribution in [-0.4, -0.2) is 56.4 Å². The minimum absolute atomic E-state index is 0.0112. The molecule has 0 unspecified atom stereocenters. The molecule has 1 aromatic carbocycles. The van der Waals surface area contributed by atoms with Gasteiger partial charge in [0.25, 0.3) is 5.91 Å². The van der Waals surface area contributed by atoms with Gasteiger partial charge in [0.05, 0.1) is 17.1 Å². The molecule has 0 N–H and O–H groups in total. The van der Waals surface area contributed by atoms with E-state index in [1.165, 1.54) is 4.90 Å². The lowest BCUT2D eigenvalue weighted by molar-refractivity contribution is -0.134. The van der Waals surface area contributed by atoms with E-state index in [0.717, 1.165) is 5.56 Å². The van der Waals surface area contributed by atoms with E-state index in [2.05, 4.69) is 20.8 Å². The van der Waals surface area contributed by atoms with Gasteiger partial charge in [0.1, 0.15) is 0 Å². The Morgan fingerprint density at radius 2 is 1.80 bits per heavy atom. The molecule has 1 heterocycles. The number of nitrogens with zero attached hydrogens (tertiary/aromatic N) is 1. The second kappa shape index (κ2) is 7.15. The number of carbonyl (C=O) groups excluding carboxylic acids is 2. The molecule has 0 aromatic heterocycles. The predicted molar refractivity (Wildman–Crippen MR) is 95.3 cm³/mol. The zero-order valence-electron chi connectivity index (χ0n) is 15.1. The van der Waals surface area contributed by atoms with Crippen LogP contribution in [0, 0.1) is 0 Å². The molecule has 0 saturated carbocycles. The molecular weight excluding hydrogens is 342 g/mol. The summed E-state index contributed by atoms with van der Waals surface area (Å²) in [4.78, 5) is 25.5. The predicted octanol–water partition coefficient (Wildman–Crippen LogP) is 1.79. The largest absolute Gasteiger partial charge is 0.452 e. The van der Waals surface area contributed by atoms with Gasteiger partial charge in [-0.05, 0) is 29.5 Å². The Kier molecular flexibility index (Phi) is 5.56. The van der Waals surface area contributed by atoms with Crippen LogP contribution in [0.1, 0.15) is 43.1 Å². The summed E-state index contributed by atoms with van der Waals surface area (Å²) in [5.41, 5.74) is 1.47. The average Bonchev–Trinajstić information content (AvgIpc) is 2.90. The Bertz CT molecular complexity index is 747. The molecule has 2 rings (SSSR count). The fourth-order valence-corrected chi connectivity index (χ4v) is 4.48. The summed E-state index contributed by atoms with van der Waals surface area (Å²) >= 11 is 0.